The Bertz CT molecular complexity index is 1160. The molecular formula is C24H29F2N3O4S. The van der Waals surface area contributed by atoms with Crippen LogP contribution in [-0.4, -0.2) is 39.6 Å². The third-order valence-electron chi connectivity index (χ3n) is 6.24. The quantitative estimate of drug-likeness (QED) is 0.590. The van der Waals surface area contributed by atoms with Gasteiger partial charge in [0.15, 0.2) is 5.82 Å². The maximum absolute atomic E-state index is 15.9. The highest BCUT2D eigenvalue weighted by atomic mass is 32.2. The van der Waals surface area contributed by atoms with E-state index in [2.05, 4.69) is 5.32 Å². The maximum Gasteiger partial charge on any atom is 0.326 e. The Morgan fingerprint density at radius 1 is 1.26 bits per heavy atom. The molecule has 1 amide bonds. The molecule has 1 heterocycles. The highest BCUT2D eigenvalue weighted by molar-refractivity contribution is 7.92. The molecule has 7 nitrogen and oxygen atoms in total. The highest BCUT2D eigenvalue weighted by Gasteiger charge is 2.39. The van der Waals surface area contributed by atoms with Crippen LogP contribution in [0.5, 0.6) is 5.75 Å². The molecule has 2 aromatic rings. The van der Waals surface area contributed by atoms with E-state index in [9.17, 15) is 17.6 Å². The lowest BCUT2D eigenvalue weighted by Crippen LogP contribution is -2.40. The number of nitrogens with zero attached hydrogens (tertiary/aromatic N) is 1. The first-order chi connectivity index (χ1) is 16.2. The number of hydrogen-bond donors (Lipinski definition) is 2. The van der Waals surface area contributed by atoms with E-state index in [1.165, 1.54) is 0 Å². The highest BCUT2D eigenvalue weighted by Crippen LogP contribution is 2.40. The van der Waals surface area contributed by atoms with Gasteiger partial charge in [0.2, 0.25) is 0 Å². The number of amides is 1. The summed E-state index contributed by atoms with van der Waals surface area (Å²) in [5, 5.41) is 3.17. The molecule has 1 saturated heterocycles. The summed E-state index contributed by atoms with van der Waals surface area (Å²) in [7, 11) is -4.24. The number of hydrogen-bond acceptors (Lipinski definition) is 5. The molecule has 4 rings (SSSR count). The number of ether oxygens (including phenoxy) is 1. The topological polar surface area (TPSA) is 87.7 Å². The third kappa shape index (κ3) is 5.17. The van der Waals surface area contributed by atoms with E-state index in [4.69, 9.17) is 4.74 Å². The van der Waals surface area contributed by atoms with Gasteiger partial charge in [0.25, 0.3) is 5.91 Å². The Balaban J connectivity index is 1.66. The SMILES string of the molecule is CC(C)C(F)CNC1CCc2cc(OCc3ccccc3)c(N3CC(=O)NS3(=O)=O)c(F)c2C1. The van der Waals surface area contributed by atoms with Gasteiger partial charge < -0.3 is 10.1 Å². The van der Waals surface area contributed by atoms with Crippen molar-refractivity contribution >= 4 is 21.8 Å². The van der Waals surface area contributed by atoms with Crippen molar-refractivity contribution in [1.29, 1.82) is 0 Å². The molecule has 1 fully saturated rings. The molecule has 0 aromatic heterocycles. The second-order valence-electron chi connectivity index (χ2n) is 9.09. The lowest BCUT2D eigenvalue weighted by molar-refractivity contribution is -0.117. The summed E-state index contributed by atoms with van der Waals surface area (Å²) in [6.45, 7) is 3.36. The van der Waals surface area contributed by atoms with Gasteiger partial charge >= 0.3 is 10.2 Å². The number of anilines is 1. The van der Waals surface area contributed by atoms with Crippen molar-refractivity contribution in [1.82, 2.24) is 10.0 Å². The van der Waals surface area contributed by atoms with Crippen LogP contribution in [0, 0.1) is 11.7 Å². The van der Waals surface area contributed by atoms with Crippen molar-refractivity contribution in [2.75, 3.05) is 17.4 Å². The van der Waals surface area contributed by atoms with Crippen LogP contribution in [-0.2, 0) is 34.5 Å². The van der Waals surface area contributed by atoms with Crippen LogP contribution in [0.3, 0.4) is 0 Å². The Morgan fingerprint density at radius 3 is 2.65 bits per heavy atom. The molecule has 0 bridgehead atoms. The minimum atomic E-state index is -4.24. The molecule has 2 unspecified atom stereocenters. The van der Waals surface area contributed by atoms with Crippen LogP contribution in [0.1, 0.15) is 37.0 Å². The zero-order valence-corrected chi connectivity index (χ0v) is 20.0. The molecule has 1 aliphatic heterocycles. The van der Waals surface area contributed by atoms with Crippen molar-refractivity contribution in [3.63, 3.8) is 0 Å². The van der Waals surface area contributed by atoms with Crippen molar-refractivity contribution in [2.45, 2.75) is 51.9 Å². The number of benzene rings is 2. The van der Waals surface area contributed by atoms with Crippen LogP contribution in [0.4, 0.5) is 14.5 Å². The minimum Gasteiger partial charge on any atom is -0.487 e. The predicted molar refractivity (Wildman–Crippen MR) is 125 cm³/mol. The maximum atomic E-state index is 15.9. The fourth-order valence-corrected chi connectivity index (χ4v) is 5.40. The van der Waals surface area contributed by atoms with Crippen LogP contribution >= 0.6 is 0 Å². The van der Waals surface area contributed by atoms with Crippen molar-refractivity contribution in [3.05, 3.63) is 58.9 Å². The number of aryl methyl sites for hydroxylation is 1. The van der Waals surface area contributed by atoms with Gasteiger partial charge in [0, 0.05) is 12.6 Å². The van der Waals surface area contributed by atoms with Crippen LogP contribution in [0.15, 0.2) is 36.4 Å². The van der Waals surface area contributed by atoms with Crippen molar-refractivity contribution in [3.8, 4) is 5.75 Å². The molecular weight excluding hydrogens is 464 g/mol. The molecule has 2 aliphatic rings. The summed E-state index contributed by atoms with van der Waals surface area (Å²) in [5.41, 5.74) is 1.64. The zero-order valence-electron chi connectivity index (χ0n) is 19.2. The average Bonchev–Trinajstić information content (AvgIpc) is 3.08. The van der Waals surface area contributed by atoms with Gasteiger partial charge in [-0.15, -0.1) is 0 Å². The van der Waals surface area contributed by atoms with Crippen LogP contribution in [0.2, 0.25) is 0 Å². The predicted octanol–water partition coefficient (Wildman–Crippen LogP) is 3.03. The largest absolute Gasteiger partial charge is 0.487 e. The van der Waals surface area contributed by atoms with Gasteiger partial charge in [-0.05, 0) is 47.9 Å². The second-order valence-corrected chi connectivity index (χ2v) is 10.7. The van der Waals surface area contributed by atoms with Gasteiger partial charge in [0.05, 0.1) is 0 Å². The van der Waals surface area contributed by atoms with E-state index in [0.717, 1.165) is 15.4 Å². The van der Waals surface area contributed by atoms with Gasteiger partial charge in [0.1, 0.15) is 30.8 Å². The molecule has 34 heavy (non-hydrogen) atoms. The lowest BCUT2D eigenvalue weighted by Gasteiger charge is -2.30. The number of fused-ring (bicyclic) bond motifs is 1. The molecule has 0 spiro atoms. The summed E-state index contributed by atoms with van der Waals surface area (Å²) < 4.78 is 63.6. The molecule has 0 radical (unpaired) electrons. The number of carbonyl (C=O) groups excluding carboxylic acids is 1. The molecule has 2 N–H and O–H groups in total. The Hall–Kier alpha value is -2.72. The summed E-state index contributed by atoms with van der Waals surface area (Å²) in [5.74, 6) is -1.53. The number of rotatable bonds is 8. The summed E-state index contributed by atoms with van der Waals surface area (Å²) in [6.07, 6.45) is 0.501. The average molecular weight is 494 g/mol. The summed E-state index contributed by atoms with van der Waals surface area (Å²) in [6, 6.07) is 10.8. The third-order valence-corrected chi connectivity index (χ3v) is 7.62. The molecule has 0 saturated carbocycles. The van der Waals surface area contributed by atoms with E-state index < -0.39 is 34.7 Å². The molecule has 2 atom stereocenters. The smallest absolute Gasteiger partial charge is 0.326 e. The second kappa shape index (κ2) is 9.87. The molecule has 2 aromatic carbocycles. The van der Waals surface area contributed by atoms with E-state index in [-0.39, 0.29) is 43.0 Å². The minimum absolute atomic E-state index is 0.0650. The number of halogens is 2. The first-order valence-corrected chi connectivity index (χ1v) is 12.8. The fourth-order valence-electron chi connectivity index (χ4n) is 4.24. The molecule has 10 heteroatoms. The Labute approximate surface area is 198 Å². The van der Waals surface area contributed by atoms with Gasteiger partial charge in [-0.25, -0.2) is 17.8 Å². The van der Waals surface area contributed by atoms with E-state index in [0.29, 0.717) is 18.4 Å². The van der Waals surface area contributed by atoms with Crippen LogP contribution < -0.4 is 19.1 Å². The van der Waals surface area contributed by atoms with Crippen molar-refractivity contribution in [2.24, 2.45) is 5.92 Å². The number of alkyl halides is 1. The summed E-state index contributed by atoms with van der Waals surface area (Å²) in [4.78, 5) is 11.8. The number of carbonyl (C=O) groups is 1. The Kier molecular flexibility index (Phi) is 7.09. The van der Waals surface area contributed by atoms with Crippen LogP contribution in [0.25, 0.3) is 0 Å². The standard InChI is InChI=1S/C24H29F2N3O4S/c1-15(2)20(25)12-27-18-9-8-17-10-21(33-14-16-6-4-3-5-7-16)24(23(26)19(17)11-18)29-13-22(30)28-34(29,31)32/h3-7,10,15,18,20,27H,8-9,11-14H2,1-2H3,(H,28,30). The van der Waals surface area contributed by atoms with Gasteiger partial charge in [-0.3, -0.25) is 4.79 Å². The Morgan fingerprint density at radius 2 is 2.00 bits per heavy atom. The van der Waals surface area contributed by atoms with Gasteiger partial charge in [-0.2, -0.15) is 8.42 Å². The normalized spacial score (nSPS) is 20.2. The molecule has 1 aliphatic carbocycles. The zero-order chi connectivity index (χ0) is 24.5. The van der Waals surface area contributed by atoms with E-state index >= 15 is 4.39 Å². The van der Waals surface area contributed by atoms with Crippen molar-refractivity contribution < 1.29 is 26.7 Å². The lowest BCUT2D eigenvalue weighted by atomic mass is 9.87. The van der Waals surface area contributed by atoms with Gasteiger partial charge in [-0.1, -0.05) is 44.2 Å². The first kappa shape index (κ1) is 24.4. The van der Waals surface area contributed by atoms with E-state index in [1.807, 2.05) is 35.1 Å². The van der Waals surface area contributed by atoms with E-state index in [1.54, 1.807) is 19.9 Å². The fraction of sp³-hybridized carbons (Fsp3) is 0.458. The number of nitrogens with one attached hydrogen (secondary N) is 2. The molecule has 184 valence electrons. The summed E-state index contributed by atoms with van der Waals surface area (Å²) >= 11 is 0. The monoisotopic (exact) mass is 493 g/mol. The first-order valence-electron chi connectivity index (χ1n) is 11.4.